The Hall–Kier alpha value is -3.43. The number of aromatic nitrogens is 4. The molecule has 1 saturated heterocycles. The molecule has 2 aromatic carbocycles. The maximum Gasteiger partial charge on any atom is 0.171 e. The van der Waals surface area contributed by atoms with Gasteiger partial charge in [-0.25, -0.2) is 4.98 Å². The number of nitrogens with one attached hydrogen (secondary N) is 1. The lowest BCUT2D eigenvalue weighted by atomic mass is 10.2. The summed E-state index contributed by atoms with van der Waals surface area (Å²) in [6, 6.07) is 11.5. The first kappa shape index (κ1) is 19.5. The van der Waals surface area contributed by atoms with Crippen molar-refractivity contribution in [3.05, 3.63) is 42.7 Å². The molecule has 2 aromatic heterocycles. The monoisotopic (exact) mass is 421 g/mol. The second-order valence-corrected chi connectivity index (χ2v) is 7.22. The van der Waals surface area contributed by atoms with Crippen molar-refractivity contribution in [1.29, 1.82) is 0 Å². The van der Waals surface area contributed by atoms with Gasteiger partial charge in [0.05, 0.1) is 26.3 Å². The maximum atomic E-state index is 5.86. The van der Waals surface area contributed by atoms with Crippen LogP contribution in [0.4, 0.5) is 0 Å². The highest BCUT2D eigenvalue weighted by Crippen LogP contribution is 2.33. The van der Waals surface area contributed by atoms with Crippen LogP contribution in [-0.2, 0) is 4.74 Å². The number of morpholine rings is 1. The summed E-state index contributed by atoms with van der Waals surface area (Å²) in [4.78, 5) is 4.55. The number of hydrogen-bond donors (Lipinski definition) is 1. The lowest BCUT2D eigenvalue weighted by Gasteiger charge is -2.23. The van der Waals surface area contributed by atoms with Crippen LogP contribution in [-0.4, -0.2) is 66.2 Å². The van der Waals surface area contributed by atoms with Gasteiger partial charge in [-0.1, -0.05) is 0 Å². The first-order valence-corrected chi connectivity index (χ1v) is 10.1. The molecule has 1 aliphatic rings. The molecule has 3 heterocycles. The third kappa shape index (κ3) is 3.73. The molecular formula is C22H23N5O4. The van der Waals surface area contributed by atoms with E-state index in [4.69, 9.17) is 18.9 Å². The third-order valence-corrected chi connectivity index (χ3v) is 5.30. The minimum atomic E-state index is 0.0730. The zero-order valence-electron chi connectivity index (χ0n) is 17.4. The van der Waals surface area contributed by atoms with Gasteiger partial charge in [-0.15, -0.1) is 10.2 Å². The standard InChI is InChI=1S/C22H23N5O4/c1-28-19-9-17-18(10-20(19)29-2)24-13-27-21(25-26-22(17)27)14-3-5-15(6-4-14)31-12-16-11-23-7-8-30-16/h3-6,9-10,13,16,23H,7-8,11-12H2,1-2H3. The number of benzene rings is 2. The third-order valence-electron chi connectivity index (χ3n) is 5.30. The van der Waals surface area contributed by atoms with Gasteiger partial charge in [0.15, 0.2) is 23.0 Å². The van der Waals surface area contributed by atoms with E-state index in [2.05, 4.69) is 20.5 Å². The highest BCUT2D eigenvalue weighted by atomic mass is 16.5. The summed E-state index contributed by atoms with van der Waals surface area (Å²) in [5, 5.41) is 12.9. The van der Waals surface area contributed by atoms with Crippen LogP contribution in [0.1, 0.15) is 0 Å². The Morgan fingerprint density at radius 2 is 1.90 bits per heavy atom. The van der Waals surface area contributed by atoms with Crippen molar-refractivity contribution in [2.45, 2.75) is 6.10 Å². The fraction of sp³-hybridized carbons (Fsp3) is 0.318. The van der Waals surface area contributed by atoms with Crippen molar-refractivity contribution in [2.75, 3.05) is 40.5 Å². The molecule has 0 amide bonds. The van der Waals surface area contributed by atoms with Crippen LogP contribution in [0.2, 0.25) is 0 Å². The van der Waals surface area contributed by atoms with Crippen molar-refractivity contribution < 1.29 is 18.9 Å². The van der Waals surface area contributed by atoms with Crippen LogP contribution in [0.25, 0.3) is 27.9 Å². The number of hydrogen-bond acceptors (Lipinski definition) is 8. The normalized spacial score (nSPS) is 16.5. The number of fused-ring (bicyclic) bond motifs is 3. The van der Waals surface area contributed by atoms with E-state index in [0.717, 1.165) is 35.3 Å². The Labute approximate surface area is 178 Å². The largest absolute Gasteiger partial charge is 0.493 e. The molecule has 5 rings (SSSR count). The van der Waals surface area contributed by atoms with E-state index in [0.29, 0.717) is 36.2 Å². The van der Waals surface area contributed by atoms with Crippen LogP contribution in [0.3, 0.4) is 0 Å². The molecule has 160 valence electrons. The Morgan fingerprint density at radius 1 is 1.10 bits per heavy atom. The average Bonchev–Trinajstić information content (AvgIpc) is 3.27. The van der Waals surface area contributed by atoms with E-state index in [-0.39, 0.29) is 6.10 Å². The van der Waals surface area contributed by atoms with Gasteiger partial charge in [0, 0.05) is 30.1 Å². The Balaban J connectivity index is 1.42. The van der Waals surface area contributed by atoms with E-state index in [1.807, 2.05) is 40.8 Å². The van der Waals surface area contributed by atoms with Crippen LogP contribution < -0.4 is 19.5 Å². The van der Waals surface area contributed by atoms with Gasteiger partial charge < -0.3 is 24.3 Å². The Kier molecular flexibility index (Phi) is 5.27. The minimum absolute atomic E-state index is 0.0730. The van der Waals surface area contributed by atoms with Crippen molar-refractivity contribution in [3.63, 3.8) is 0 Å². The second-order valence-electron chi connectivity index (χ2n) is 7.22. The molecule has 0 bridgehead atoms. The number of nitrogens with zero attached hydrogens (tertiary/aromatic N) is 4. The Morgan fingerprint density at radius 3 is 2.65 bits per heavy atom. The van der Waals surface area contributed by atoms with Crippen LogP contribution >= 0.6 is 0 Å². The second kappa shape index (κ2) is 8.37. The SMILES string of the molecule is COc1cc2ncn3c(-c4ccc(OCC5CNCCO5)cc4)nnc3c2cc1OC. The summed E-state index contributed by atoms with van der Waals surface area (Å²) in [6.07, 6.45) is 1.79. The number of ether oxygens (including phenoxy) is 4. The summed E-state index contributed by atoms with van der Waals surface area (Å²) in [5.74, 6) is 2.72. The van der Waals surface area contributed by atoms with Gasteiger partial charge in [-0.05, 0) is 30.3 Å². The summed E-state index contributed by atoms with van der Waals surface area (Å²) >= 11 is 0. The smallest absolute Gasteiger partial charge is 0.171 e. The molecule has 4 aromatic rings. The summed E-state index contributed by atoms with van der Waals surface area (Å²) in [6.45, 7) is 2.93. The highest BCUT2D eigenvalue weighted by Gasteiger charge is 2.16. The molecule has 0 saturated carbocycles. The fourth-order valence-electron chi connectivity index (χ4n) is 3.67. The molecule has 9 heteroatoms. The molecule has 1 fully saturated rings. The first-order chi connectivity index (χ1) is 15.3. The van der Waals surface area contributed by atoms with E-state index in [1.165, 1.54) is 0 Å². The number of methoxy groups -OCH3 is 2. The molecule has 1 atom stereocenters. The zero-order chi connectivity index (χ0) is 21.2. The predicted octanol–water partition coefficient (Wildman–Crippen LogP) is 2.33. The predicted molar refractivity (Wildman–Crippen MR) is 115 cm³/mol. The summed E-state index contributed by atoms with van der Waals surface area (Å²) < 4.78 is 24.2. The lowest BCUT2D eigenvalue weighted by Crippen LogP contribution is -2.41. The van der Waals surface area contributed by atoms with Crippen LogP contribution in [0, 0.1) is 0 Å². The van der Waals surface area contributed by atoms with Crippen molar-refractivity contribution in [2.24, 2.45) is 0 Å². The molecule has 0 aliphatic carbocycles. The maximum absolute atomic E-state index is 5.86. The van der Waals surface area contributed by atoms with Gasteiger partial charge in [-0.3, -0.25) is 4.40 Å². The number of rotatable bonds is 6. The van der Waals surface area contributed by atoms with E-state index >= 15 is 0 Å². The molecule has 1 unspecified atom stereocenters. The molecule has 1 N–H and O–H groups in total. The van der Waals surface area contributed by atoms with Gasteiger partial charge in [0.1, 0.15) is 24.8 Å². The van der Waals surface area contributed by atoms with E-state index < -0.39 is 0 Å². The summed E-state index contributed by atoms with van der Waals surface area (Å²) in [5.41, 5.74) is 2.37. The lowest BCUT2D eigenvalue weighted by molar-refractivity contribution is 0.000198. The quantitative estimate of drug-likeness (QED) is 0.507. The minimum Gasteiger partial charge on any atom is -0.493 e. The van der Waals surface area contributed by atoms with Crippen molar-refractivity contribution in [3.8, 4) is 28.6 Å². The van der Waals surface area contributed by atoms with Crippen molar-refractivity contribution >= 4 is 16.6 Å². The van der Waals surface area contributed by atoms with Crippen LogP contribution in [0.5, 0.6) is 17.2 Å². The van der Waals surface area contributed by atoms with Crippen LogP contribution in [0.15, 0.2) is 42.7 Å². The summed E-state index contributed by atoms with van der Waals surface area (Å²) in [7, 11) is 3.21. The molecular weight excluding hydrogens is 398 g/mol. The van der Waals surface area contributed by atoms with E-state index in [9.17, 15) is 0 Å². The molecule has 1 aliphatic heterocycles. The first-order valence-electron chi connectivity index (χ1n) is 10.1. The molecule has 31 heavy (non-hydrogen) atoms. The fourth-order valence-corrected chi connectivity index (χ4v) is 3.67. The molecule has 0 spiro atoms. The average molecular weight is 421 g/mol. The van der Waals surface area contributed by atoms with Crippen molar-refractivity contribution in [1.82, 2.24) is 24.9 Å². The van der Waals surface area contributed by atoms with Gasteiger partial charge >= 0.3 is 0 Å². The molecule has 9 nitrogen and oxygen atoms in total. The van der Waals surface area contributed by atoms with Gasteiger partial charge in [-0.2, -0.15) is 0 Å². The zero-order valence-corrected chi connectivity index (χ0v) is 17.4. The van der Waals surface area contributed by atoms with E-state index in [1.54, 1.807) is 20.5 Å². The highest BCUT2D eigenvalue weighted by molar-refractivity contribution is 5.94. The topological polar surface area (TPSA) is 92.0 Å². The van der Waals surface area contributed by atoms with Gasteiger partial charge in [0.25, 0.3) is 0 Å². The van der Waals surface area contributed by atoms with Gasteiger partial charge in [0.2, 0.25) is 0 Å². The Bertz CT molecular complexity index is 1200. The molecule has 0 radical (unpaired) electrons.